The van der Waals surface area contributed by atoms with Crippen molar-refractivity contribution < 1.29 is 4.79 Å². The number of ketones is 1. The van der Waals surface area contributed by atoms with Gasteiger partial charge in [0.1, 0.15) is 5.65 Å². The van der Waals surface area contributed by atoms with Gasteiger partial charge in [0.2, 0.25) is 0 Å². The van der Waals surface area contributed by atoms with Crippen LogP contribution < -0.4 is 0 Å². The van der Waals surface area contributed by atoms with Crippen LogP contribution in [0.4, 0.5) is 0 Å². The summed E-state index contributed by atoms with van der Waals surface area (Å²) < 4.78 is 0. The Balaban J connectivity index is 2.26. The lowest BCUT2D eigenvalue weighted by atomic mass is 9.91. The Bertz CT molecular complexity index is 530. The van der Waals surface area contributed by atoms with Crippen LogP contribution in [0.1, 0.15) is 49.9 Å². The number of carbonyl (C=O) groups excluding carboxylic acids is 1. The average molecular weight is 244 g/mol. The van der Waals surface area contributed by atoms with E-state index in [0.717, 1.165) is 42.3 Å². The highest BCUT2D eigenvalue weighted by Gasteiger charge is 2.20. The SMILES string of the molecule is CCCCC(CC)C(=O)c1c[nH]c2ncccc12. The predicted octanol–water partition coefficient (Wildman–Crippen LogP) is 3.96. The topological polar surface area (TPSA) is 45.8 Å². The number of unbranched alkanes of at least 4 members (excludes halogenated alkanes) is 1. The average Bonchev–Trinajstić information content (AvgIpc) is 2.83. The third-order valence-electron chi connectivity index (χ3n) is 3.49. The highest BCUT2D eigenvalue weighted by atomic mass is 16.1. The van der Waals surface area contributed by atoms with Crippen molar-refractivity contribution in [1.29, 1.82) is 0 Å². The van der Waals surface area contributed by atoms with E-state index in [0.29, 0.717) is 0 Å². The van der Waals surface area contributed by atoms with E-state index < -0.39 is 0 Å². The smallest absolute Gasteiger partial charge is 0.168 e. The Labute approximate surface area is 108 Å². The van der Waals surface area contributed by atoms with Gasteiger partial charge in [-0.15, -0.1) is 0 Å². The molecule has 2 aromatic rings. The summed E-state index contributed by atoms with van der Waals surface area (Å²) in [6.45, 7) is 4.25. The van der Waals surface area contributed by atoms with Crippen molar-refractivity contribution in [3.63, 3.8) is 0 Å². The van der Waals surface area contributed by atoms with Crippen molar-refractivity contribution in [2.45, 2.75) is 39.5 Å². The third-order valence-corrected chi connectivity index (χ3v) is 3.49. The first kappa shape index (κ1) is 12.8. The van der Waals surface area contributed by atoms with Crippen LogP contribution in [0.3, 0.4) is 0 Å². The van der Waals surface area contributed by atoms with Gasteiger partial charge in [0.05, 0.1) is 0 Å². The fourth-order valence-corrected chi connectivity index (χ4v) is 2.35. The van der Waals surface area contributed by atoms with Gasteiger partial charge in [-0.2, -0.15) is 0 Å². The minimum atomic E-state index is 0.143. The van der Waals surface area contributed by atoms with Crippen LogP contribution in [-0.4, -0.2) is 15.8 Å². The van der Waals surface area contributed by atoms with Gasteiger partial charge in [0.15, 0.2) is 5.78 Å². The van der Waals surface area contributed by atoms with Gasteiger partial charge in [-0.3, -0.25) is 4.79 Å². The quantitative estimate of drug-likeness (QED) is 0.782. The van der Waals surface area contributed by atoms with E-state index in [2.05, 4.69) is 23.8 Å². The number of fused-ring (bicyclic) bond motifs is 1. The molecule has 0 amide bonds. The normalized spacial score (nSPS) is 12.8. The minimum absolute atomic E-state index is 0.143. The van der Waals surface area contributed by atoms with Crippen LogP contribution in [0.25, 0.3) is 11.0 Å². The molecule has 0 spiro atoms. The molecule has 1 unspecified atom stereocenters. The molecule has 0 aliphatic carbocycles. The van der Waals surface area contributed by atoms with Crippen LogP contribution in [0.2, 0.25) is 0 Å². The van der Waals surface area contributed by atoms with Crippen molar-refractivity contribution in [3.8, 4) is 0 Å². The van der Waals surface area contributed by atoms with Crippen LogP contribution in [0.5, 0.6) is 0 Å². The number of nitrogens with zero attached hydrogens (tertiary/aromatic N) is 1. The van der Waals surface area contributed by atoms with Gasteiger partial charge in [-0.05, 0) is 25.0 Å². The summed E-state index contributed by atoms with van der Waals surface area (Å²) >= 11 is 0. The van der Waals surface area contributed by atoms with Gasteiger partial charge in [-0.1, -0.05) is 26.7 Å². The second kappa shape index (κ2) is 5.80. The van der Waals surface area contributed by atoms with Crippen molar-refractivity contribution >= 4 is 16.8 Å². The lowest BCUT2D eigenvalue weighted by Gasteiger charge is -2.12. The maximum absolute atomic E-state index is 12.5. The van der Waals surface area contributed by atoms with Gasteiger partial charge in [0.25, 0.3) is 0 Å². The summed E-state index contributed by atoms with van der Waals surface area (Å²) in [7, 11) is 0. The first-order valence-corrected chi connectivity index (χ1v) is 6.74. The summed E-state index contributed by atoms with van der Waals surface area (Å²) in [6, 6.07) is 3.83. The molecule has 1 N–H and O–H groups in total. The van der Waals surface area contributed by atoms with Crippen molar-refractivity contribution in [1.82, 2.24) is 9.97 Å². The molecule has 0 radical (unpaired) electrons. The molecule has 0 aliphatic rings. The maximum atomic E-state index is 12.5. The van der Waals surface area contributed by atoms with Crippen LogP contribution in [0, 0.1) is 5.92 Å². The van der Waals surface area contributed by atoms with Gasteiger partial charge < -0.3 is 4.98 Å². The van der Waals surface area contributed by atoms with E-state index >= 15 is 0 Å². The van der Waals surface area contributed by atoms with Crippen molar-refractivity contribution in [3.05, 3.63) is 30.1 Å². The Morgan fingerprint density at radius 1 is 1.44 bits per heavy atom. The van der Waals surface area contributed by atoms with Crippen molar-refractivity contribution in [2.24, 2.45) is 5.92 Å². The standard InChI is InChI=1S/C15H20N2O/c1-3-5-7-11(4-2)14(18)13-10-17-15-12(13)8-6-9-16-15/h6,8-11H,3-5,7H2,1-2H3,(H,16,17). The largest absolute Gasteiger partial charge is 0.345 e. The van der Waals surface area contributed by atoms with Gasteiger partial charge in [-0.25, -0.2) is 4.98 Å². The molecule has 2 rings (SSSR count). The van der Waals surface area contributed by atoms with Crippen LogP contribution in [0.15, 0.2) is 24.5 Å². The molecule has 3 heteroatoms. The summed E-state index contributed by atoms with van der Waals surface area (Å²) in [5.41, 5.74) is 1.59. The molecule has 0 saturated carbocycles. The number of rotatable bonds is 6. The Morgan fingerprint density at radius 3 is 3.00 bits per heavy atom. The molecule has 0 bridgehead atoms. The zero-order chi connectivity index (χ0) is 13.0. The van der Waals surface area contributed by atoms with Gasteiger partial charge >= 0.3 is 0 Å². The molecule has 0 aliphatic heterocycles. The number of hydrogen-bond acceptors (Lipinski definition) is 2. The molecule has 3 nitrogen and oxygen atoms in total. The summed E-state index contributed by atoms with van der Waals surface area (Å²) in [4.78, 5) is 19.8. The number of H-pyrrole nitrogens is 1. The molecule has 0 fully saturated rings. The number of hydrogen-bond donors (Lipinski definition) is 1. The number of carbonyl (C=O) groups is 1. The monoisotopic (exact) mass is 244 g/mol. The summed E-state index contributed by atoms with van der Waals surface area (Å²) in [5.74, 6) is 0.398. The molecule has 0 saturated heterocycles. The summed E-state index contributed by atoms with van der Waals surface area (Å²) in [6.07, 6.45) is 7.69. The number of pyridine rings is 1. The second-order valence-corrected chi connectivity index (χ2v) is 4.71. The first-order valence-electron chi connectivity index (χ1n) is 6.74. The van der Waals surface area contributed by atoms with E-state index in [4.69, 9.17) is 0 Å². The Morgan fingerprint density at radius 2 is 2.28 bits per heavy atom. The lowest BCUT2D eigenvalue weighted by Crippen LogP contribution is -2.13. The number of aromatic amines is 1. The molecule has 0 aromatic carbocycles. The molecular formula is C15H20N2O. The summed E-state index contributed by atoms with van der Waals surface area (Å²) in [5, 5.41) is 0.942. The number of nitrogens with one attached hydrogen (secondary N) is 1. The zero-order valence-corrected chi connectivity index (χ0v) is 11.1. The first-order chi connectivity index (χ1) is 8.77. The fraction of sp³-hybridized carbons (Fsp3) is 0.467. The zero-order valence-electron chi connectivity index (χ0n) is 11.1. The van der Waals surface area contributed by atoms with E-state index in [9.17, 15) is 4.79 Å². The highest BCUT2D eigenvalue weighted by Crippen LogP contribution is 2.23. The fourth-order valence-electron chi connectivity index (χ4n) is 2.35. The van der Waals surface area contributed by atoms with E-state index in [-0.39, 0.29) is 11.7 Å². The van der Waals surface area contributed by atoms with Crippen LogP contribution >= 0.6 is 0 Å². The molecular weight excluding hydrogens is 224 g/mol. The second-order valence-electron chi connectivity index (χ2n) is 4.71. The number of Topliss-reactive ketones (excluding diaryl/α,β-unsaturated/α-hetero) is 1. The highest BCUT2D eigenvalue weighted by molar-refractivity contribution is 6.08. The third kappa shape index (κ3) is 2.45. The van der Waals surface area contributed by atoms with E-state index in [1.807, 2.05) is 12.1 Å². The lowest BCUT2D eigenvalue weighted by molar-refractivity contribution is 0.0910. The molecule has 2 aromatic heterocycles. The molecule has 96 valence electrons. The minimum Gasteiger partial charge on any atom is -0.345 e. The van der Waals surface area contributed by atoms with Crippen LogP contribution in [-0.2, 0) is 0 Å². The predicted molar refractivity (Wildman–Crippen MR) is 73.7 cm³/mol. The maximum Gasteiger partial charge on any atom is 0.168 e. The molecule has 2 heterocycles. The number of aromatic nitrogens is 2. The van der Waals surface area contributed by atoms with Crippen molar-refractivity contribution in [2.75, 3.05) is 0 Å². The van der Waals surface area contributed by atoms with E-state index in [1.54, 1.807) is 12.4 Å². The Hall–Kier alpha value is -1.64. The molecule has 1 atom stereocenters. The molecule has 18 heavy (non-hydrogen) atoms. The van der Waals surface area contributed by atoms with E-state index in [1.165, 1.54) is 0 Å². The van der Waals surface area contributed by atoms with Gasteiger partial charge in [0, 0.05) is 29.3 Å². The Kier molecular flexibility index (Phi) is 4.13.